The zero-order chi connectivity index (χ0) is 24.5. The number of amides is 2. The summed E-state index contributed by atoms with van der Waals surface area (Å²) in [6.07, 6.45) is 1.38. The molecule has 0 atom stereocenters. The molecule has 0 unspecified atom stereocenters. The van der Waals surface area contributed by atoms with Crippen molar-refractivity contribution in [3.63, 3.8) is 0 Å². The van der Waals surface area contributed by atoms with E-state index in [0.717, 1.165) is 0 Å². The Morgan fingerprint density at radius 3 is 2.35 bits per heavy atom. The Morgan fingerprint density at radius 2 is 1.65 bits per heavy atom. The fraction of sp³-hybridized carbons (Fsp3) is 0.125. The van der Waals surface area contributed by atoms with E-state index < -0.39 is 11.8 Å². The lowest BCUT2D eigenvalue weighted by Crippen LogP contribution is -2.32. The minimum absolute atomic E-state index is 0.157. The number of hydrazone groups is 1. The second kappa shape index (κ2) is 12.3. The second-order valence-electron chi connectivity index (χ2n) is 6.79. The van der Waals surface area contributed by atoms with Crippen molar-refractivity contribution in [3.05, 3.63) is 86.9 Å². The van der Waals surface area contributed by atoms with Crippen molar-refractivity contribution in [3.8, 4) is 11.5 Å². The highest BCUT2D eigenvalue weighted by Crippen LogP contribution is 2.31. The van der Waals surface area contributed by atoms with Gasteiger partial charge in [-0.15, -0.1) is 0 Å². The van der Waals surface area contributed by atoms with Gasteiger partial charge < -0.3 is 14.8 Å². The number of carbonyl (C=O) groups excluding carboxylic acids is 2. The summed E-state index contributed by atoms with van der Waals surface area (Å²) < 4.78 is 11.5. The molecule has 0 saturated carbocycles. The first kappa shape index (κ1) is 25.4. The van der Waals surface area contributed by atoms with Crippen LogP contribution in [0, 0.1) is 0 Å². The van der Waals surface area contributed by atoms with Crippen LogP contribution in [0.2, 0.25) is 15.1 Å². The Balaban J connectivity index is 1.62. The van der Waals surface area contributed by atoms with E-state index in [1.165, 1.54) is 12.3 Å². The zero-order valence-corrected chi connectivity index (χ0v) is 20.2. The number of halogens is 3. The summed E-state index contributed by atoms with van der Waals surface area (Å²) in [5, 5.41) is 7.70. The van der Waals surface area contributed by atoms with Gasteiger partial charge in [0.1, 0.15) is 6.61 Å². The van der Waals surface area contributed by atoms with Crippen LogP contribution in [-0.2, 0) is 16.2 Å². The molecule has 3 rings (SSSR count). The van der Waals surface area contributed by atoms with Crippen LogP contribution in [0.1, 0.15) is 18.1 Å². The van der Waals surface area contributed by atoms with Crippen LogP contribution in [0.15, 0.2) is 65.8 Å². The molecule has 176 valence electrons. The van der Waals surface area contributed by atoms with Crippen LogP contribution >= 0.6 is 34.8 Å². The Labute approximate surface area is 211 Å². The molecular weight excluding hydrogens is 501 g/mol. The maximum atomic E-state index is 12.0. The molecule has 10 heteroatoms. The van der Waals surface area contributed by atoms with E-state index in [1.54, 1.807) is 54.6 Å². The fourth-order valence-electron chi connectivity index (χ4n) is 2.78. The summed E-state index contributed by atoms with van der Waals surface area (Å²) in [5.41, 5.74) is 3.85. The largest absolute Gasteiger partial charge is 0.490 e. The average Bonchev–Trinajstić information content (AvgIpc) is 2.80. The smallest absolute Gasteiger partial charge is 0.329 e. The van der Waals surface area contributed by atoms with Crippen molar-refractivity contribution >= 4 is 58.5 Å². The molecule has 34 heavy (non-hydrogen) atoms. The van der Waals surface area contributed by atoms with E-state index in [-0.39, 0.29) is 6.61 Å². The highest BCUT2D eigenvalue weighted by Gasteiger charge is 2.13. The second-order valence-corrected chi connectivity index (χ2v) is 8.04. The Kier molecular flexibility index (Phi) is 9.16. The lowest BCUT2D eigenvalue weighted by molar-refractivity contribution is -0.136. The molecule has 3 aromatic carbocycles. The van der Waals surface area contributed by atoms with Crippen molar-refractivity contribution < 1.29 is 19.1 Å². The highest BCUT2D eigenvalue weighted by molar-refractivity contribution is 6.40. The summed E-state index contributed by atoms with van der Waals surface area (Å²) >= 11 is 18.3. The maximum Gasteiger partial charge on any atom is 0.329 e. The van der Waals surface area contributed by atoms with E-state index >= 15 is 0 Å². The monoisotopic (exact) mass is 519 g/mol. The molecule has 0 spiro atoms. The molecule has 0 fully saturated rings. The predicted octanol–water partition coefficient (Wildman–Crippen LogP) is 5.71. The number of hydrogen-bond donors (Lipinski definition) is 2. The van der Waals surface area contributed by atoms with Gasteiger partial charge in [-0.05, 0) is 61.0 Å². The molecule has 0 bridgehead atoms. The van der Waals surface area contributed by atoms with Crippen molar-refractivity contribution in [2.45, 2.75) is 13.5 Å². The van der Waals surface area contributed by atoms with Crippen molar-refractivity contribution in [1.29, 1.82) is 0 Å². The molecule has 0 radical (unpaired) electrons. The number of ether oxygens (including phenoxy) is 2. The average molecular weight is 521 g/mol. The van der Waals surface area contributed by atoms with E-state index in [1.807, 2.05) is 6.92 Å². The highest BCUT2D eigenvalue weighted by atomic mass is 35.5. The van der Waals surface area contributed by atoms with Crippen LogP contribution in [0.5, 0.6) is 11.5 Å². The first-order valence-corrected chi connectivity index (χ1v) is 11.2. The molecule has 0 heterocycles. The Bertz CT molecular complexity index is 1200. The lowest BCUT2D eigenvalue weighted by Gasteiger charge is -2.14. The maximum absolute atomic E-state index is 12.0. The number of anilines is 1. The number of nitrogens with zero attached hydrogens (tertiary/aromatic N) is 1. The molecule has 0 saturated heterocycles. The fourth-order valence-corrected chi connectivity index (χ4v) is 3.48. The molecular formula is C24H20Cl3N3O4. The van der Waals surface area contributed by atoms with Gasteiger partial charge in [-0.2, -0.15) is 5.10 Å². The van der Waals surface area contributed by atoms with Gasteiger partial charge in [0.25, 0.3) is 0 Å². The first-order chi connectivity index (χ1) is 16.4. The van der Waals surface area contributed by atoms with Gasteiger partial charge in [0.15, 0.2) is 11.5 Å². The SMILES string of the molecule is CCOc1cc(/C=N\NC(=O)C(=O)Nc2cccc(Cl)c2)ccc1OCc1c(Cl)cccc1Cl. The summed E-state index contributed by atoms with van der Waals surface area (Å²) in [5.74, 6) is -0.853. The third-order valence-corrected chi connectivity index (χ3v) is 5.31. The number of nitrogens with one attached hydrogen (secondary N) is 2. The quantitative estimate of drug-likeness (QED) is 0.226. The Morgan fingerprint density at radius 1 is 0.912 bits per heavy atom. The number of carbonyl (C=O) groups is 2. The molecule has 2 amide bonds. The summed E-state index contributed by atoms with van der Waals surface area (Å²) in [6.45, 7) is 2.41. The van der Waals surface area contributed by atoms with E-state index in [0.29, 0.717) is 50.0 Å². The summed E-state index contributed by atoms with van der Waals surface area (Å²) in [6, 6.07) is 16.8. The zero-order valence-electron chi connectivity index (χ0n) is 18.0. The molecule has 7 nitrogen and oxygen atoms in total. The van der Waals surface area contributed by atoms with Crippen molar-refractivity contribution in [1.82, 2.24) is 5.43 Å². The third-order valence-electron chi connectivity index (χ3n) is 4.37. The van der Waals surface area contributed by atoms with Gasteiger partial charge in [-0.3, -0.25) is 9.59 Å². The predicted molar refractivity (Wildman–Crippen MR) is 134 cm³/mol. The molecule has 3 aromatic rings. The van der Waals surface area contributed by atoms with E-state index in [9.17, 15) is 9.59 Å². The van der Waals surface area contributed by atoms with Crippen molar-refractivity contribution in [2.75, 3.05) is 11.9 Å². The molecule has 0 aliphatic rings. The first-order valence-electron chi connectivity index (χ1n) is 10.1. The minimum atomic E-state index is -0.933. The van der Waals surface area contributed by atoms with Gasteiger partial charge in [0, 0.05) is 26.3 Å². The molecule has 2 N–H and O–H groups in total. The van der Waals surface area contributed by atoms with Crippen LogP contribution in [-0.4, -0.2) is 24.6 Å². The molecule has 0 aromatic heterocycles. The van der Waals surface area contributed by atoms with Crippen LogP contribution in [0.25, 0.3) is 0 Å². The van der Waals surface area contributed by atoms with Crippen molar-refractivity contribution in [2.24, 2.45) is 5.10 Å². The van der Waals surface area contributed by atoms with Gasteiger partial charge >= 0.3 is 11.8 Å². The number of rotatable bonds is 8. The van der Waals surface area contributed by atoms with Crippen LogP contribution in [0.4, 0.5) is 5.69 Å². The molecule has 0 aliphatic carbocycles. The minimum Gasteiger partial charge on any atom is -0.490 e. The van der Waals surface area contributed by atoms with Crippen LogP contribution < -0.4 is 20.2 Å². The van der Waals surface area contributed by atoms with Gasteiger partial charge in [0.05, 0.1) is 12.8 Å². The normalized spacial score (nSPS) is 10.7. The standard InChI is InChI=1S/C24H20Cl3N3O4/c1-2-33-22-11-15(9-10-21(22)34-14-18-19(26)7-4-8-20(18)27)13-28-30-24(32)23(31)29-17-6-3-5-16(25)12-17/h3-13H,2,14H2,1H3,(H,29,31)(H,30,32)/b28-13-. The van der Waals surface area contributed by atoms with Gasteiger partial charge in [-0.25, -0.2) is 5.43 Å². The Hall–Kier alpha value is -3.26. The van der Waals surface area contributed by atoms with Crippen LogP contribution in [0.3, 0.4) is 0 Å². The van der Waals surface area contributed by atoms with E-state index in [4.69, 9.17) is 44.3 Å². The van der Waals surface area contributed by atoms with E-state index in [2.05, 4.69) is 15.8 Å². The molecule has 0 aliphatic heterocycles. The number of benzene rings is 3. The van der Waals surface area contributed by atoms with Gasteiger partial charge in [-0.1, -0.05) is 46.9 Å². The number of hydrogen-bond acceptors (Lipinski definition) is 5. The van der Waals surface area contributed by atoms with Gasteiger partial charge in [0.2, 0.25) is 0 Å². The summed E-state index contributed by atoms with van der Waals surface area (Å²) in [7, 11) is 0. The third kappa shape index (κ3) is 7.12. The summed E-state index contributed by atoms with van der Waals surface area (Å²) in [4.78, 5) is 24.0. The topological polar surface area (TPSA) is 89.0 Å². The lowest BCUT2D eigenvalue weighted by atomic mass is 10.2.